The van der Waals surface area contributed by atoms with Gasteiger partial charge >= 0.3 is 0 Å². The number of hydrogen-bond acceptors (Lipinski definition) is 5. The van der Waals surface area contributed by atoms with Crippen molar-refractivity contribution in [3.8, 4) is 5.88 Å². The number of rotatable bonds is 7. The number of nitrogens with zero attached hydrogens (tertiary/aromatic N) is 5. The molecule has 1 aliphatic heterocycles. The van der Waals surface area contributed by atoms with Crippen molar-refractivity contribution >= 4 is 5.91 Å². The molecule has 0 unspecified atom stereocenters. The van der Waals surface area contributed by atoms with E-state index < -0.39 is 0 Å². The molecule has 0 bridgehead atoms. The second-order valence-electron chi connectivity index (χ2n) is 6.45. The summed E-state index contributed by atoms with van der Waals surface area (Å²) in [5.74, 6) is 0.752. The van der Waals surface area contributed by atoms with Crippen LogP contribution in [0.4, 0.5) is 0 Å². The fraction of sp³-hybridized carbons (Fsp3) is 0.526. The van der Waals surface area contributed by atoms with Gasteiger partial charge in [0.1, 0.15) is 5.69 Å². The molecule has 1 saturated heterocycles. The van der Waals surface area contributed by atoms with Crippen molar-refractivity contribution < 1.29 is 9.53 Å². The highest BCUT2D eigenvalue weighted by molar-refractivity contribution is 5.92. The minimum atomic E-state index is 0.0723. The fourth-order valence-corrected chi connectivity index (χ4v) is 3.09. The predicted molar refractivity (Wildman–Crippen MR) is 99.1 cm³/mol. The molecule has 0 aliphatic carbocycles. The smallest absolute Gasteiger partial charge is 0.272 e. The van der Waals surface area contributed by atoms with Gasteiger partial charge in [-0.3, -0.25) is 14.4 Å². The first kappa shape index (κ1) is 18.4. The Balaban J connectivity index is 1.50. The zero-order valence-corrected chi connectivity index (χ0v) is 15.6. The number of carbonyl (C=O) groups is 1. The van der Waals surface area contributed by atoms with Gasteiger partial charge in [0.2, 0.25) is 5.88 Å². The van der Waals surface area contributed by atoms with E-state index in [9.17, 15) is 4.79 Å². The fourth-order valence-electron chi connectivity index (χ4n) is 3.09. The summed E-state index contributed by atoms with van der Waals surface area (Å²) in [5, 5.41) is 4.19. The van der Waals surface area contributed by atoms with Crippen LogP contribution < -0.4 is 4.74 Å². The maximum Gasteiger partial charge on any atom is 0.272 e. The van der Waals surface area contributed by atoms with Crippen molar-refractivity contribution in [3.63, 3.8) is 0 Å². The van der Waals surface area contributed by atoms with E-state index in [1.807, 2.05) is 24.1 Å². The zero-order valence-electron chi connectivity index (χ0n) is 15.6. The van der Waals surface area contributed by atoms with Crippen LogP contribution >= 0.6 is 0 Å². The first-order chi connectivity index (χ1) is 12.7. The molecule has 0 aromatic carbocycles. The van der Waals surface area contributed by atoms with Gasteiger partial charge in [0.25, 0.3) is 5.91 Å². The normalized spacial score (nSPS) is 15.2. The van der Waals surface area contributed by atoms with Crippen molar-refractivity contribution in [1.82, 2.24) is 24.6 Å². The number of carbonyl (C=O) groups excluding carboxylic acids is 1. The monoisotopic (exact) mass is 357 g/mol. The number of hydrogen-bond donors (Lipinski definition) is 0. The molecule has 0 atom stereocenters. The Labute approximate surface area is 154 Å². The summed E-state index contributed by atoms with van der Waals surface area (Å²) in [4.78, 5) is 21.3. The molecular formula is C19H27N5O2. The van der Waals surface area contributed by atoms with Gasteiger partial charge in [-0.05, 0) is 25.0 Å². The van der Waals surface area contributed by atoms with Crippen LogP contribution in [0.1, 0.15) is 36.3 Å². The van der Waals surface area contributed by atoms with Crippen molar-refractivity contribution in [3.05, 3.63) is 41.9 Å². The third-order valence-electron chi connectivity index (χ3n) is 4.55. The molecule has 140 valence electrons. The molecule has 1 amide bonds. The molecule has 0 radical (unpaired) electrons. The number of aromatic nitrogens is 3. The summed E-state index contributed by atoms with van der Waals surface area (Å²) in [6.45, 7) is 9.51. The number of aryl methyl sites for hydroxylation is 1. The third kappa shape index (κ3) is 4.40. The lowest BCUT2D eigenvalue weighted by Crippen LogP contribution is -2.48. The van der Waals surface area contributed by atoms with Crippen LogP contribution in [-0.4, -0.2) is 63.3 Å². The van der Waals surface area contributed by atoms with Crippen molar-refractivity contribution in [2.24, 2.45) is 0 Å². The van der Waals surface area contributed by atoms with Crippen LogP contribution in [-0.2, 0) is 13.1 Å². The van der Waals surface area contributed by atoms with E-state index in [4.69, 9.17) is 4.74 Å². The molecule has 2 aromatic heterocycles. The Morgan fingerprint density at radius 1 is 1.15 bits per heavy atom. The van der Waals surface area contributed by atoms with Gasteiger partial charge in [-0.15, -0.1) is 0 Å². The van der Waals surface area contributed by atoms with Gasteiger partial charge in [-0.25, -0.2) is 4.98 Å². The molecule has 0 spiro atoms. The molecule has 1 fully saturated rings. The van der Waals surface area contributed by atoms with E-state index in [2.05, 4.69) is 28.0 Å². The molecule has 0 N–H and O–H groups in total. The summed E-state index contributed by atoms with van der Waals surface area (Å²) in [7, 11) is 0. The van der Waals surface area contributed by atoms with Gasteiger partial charge in [-0.1, -0.05) is 13.0 Å². The number of amides is 1. The average Bonchev–Trinajstić information content (AvgIpc) is 3.16. The molecular weight excluding hydrogens is 330 g/mol. The minimum absolute atomic E-state index is 0.0723. The first-order valence-electron chi connectivity index (χ1n) is 9.32. The van der Waals surface area contributed by atoms with Gasteiger partial charge in [0.05, 0.1) is 6.61 Å². The Morgan fingerprint density at radius 3 is 2.62 bits per heavy atom. The van der Waals surface area contributed by atoms with Crippen LogP contribution in [0.3, 0.4) is 0 Å². The molecule has 0 saturated carbocycles. The Hall–Kier alpha value is -2.41. The van der Waals surface area contributed by atoms with E-state index in [0.29, 0.717) is 24.7 Å². The van der Waals surface area contributed by atoms with Crippen LogP contribution in [0.25, 0.3) is 0 Å². The largest absolute Gasteiger partial charge is 0.478 e. The molecule has 3 rings (SSSR count). The second kappa shape index (κ2) is 8.80. The highest BCUT2D eigenvalue weighted by Crippen LogP contribution is 2.13. The first-order valence-corrected chi connectivity index (χ1v) is 9.32. The van der Waals surface area contributed by atoms with E-state index in [-0.39, 0.29) is 5.91 Å². The van der Waals surface area contributed by atoms with Crippen LogP contribution in [0.2, 0.25) is 0 Å². The Bertz CT molecular complexity index is 705. The molecule has 26 heavy (non-hydrogen) atoms. The summed E-state index contributed by atoms with van der Waals surface area (Å²) >= 11 is 0. The SMILES string of the molecule is CCCOc1ccc(CN2CCN(C(=O)c3ccnn3CC)CC2)cn1. The predicted octanol–water partition coefficient (Wildman–Crippen LogP) is 2.04. The van der Waals surface area contributed by atoms with Gasteiger partial charge in [0, 0.05) is 57.7 Å². The lowest BCUT2D eigenvalue weighted by molar-refractivity contribution is 0.0616. The van der Waals surface area contributed by atoms with E-state index in [1.165, 1.54) is 0 Å². The summed E-state index contributed by atoms with van der Waals surface area (Å²) in [6, 6.07) is 5.79. The van der Waals surface area contributed by atoms with Gasteiger partial charge < -0.3 is 9.64 Å². The Kier molecular flexibility index (Phi) is 6.22. The van der Waals surface area contributed by atoms with Crippen LogP contribution in [0, 0.1) is 0 Å². The van der Waals surface area contributed by atoms with Gasteiger partial charge in [-0.2, -0.15) is 5.10 Å². The summed E-state index contributed by atoms with van der Waals surface area (Å²) in [6.07, 6.45) is 4.54. The minimum Gasteiger partial charge on any atom is -0.478 e. The zero-order chi connectivity index (χ0) is 18.4. The topological polar surface area (TPSA) is 63.5 Å². The number of pyridine rings is 1. The quantitative estimate of drug-likeness (QED) is 0.759. The molecule has 7 heteroatoms. The maximum atomic E-state index is 12.7. The highest BCUT2D eigenvalue weighted by Gasteiger charge is 2.24. The lowest BCUT2D eigenvalue weighted by Gasteiger charge is -2.34. The molecule has 1 aliphatic rings. The van der Waals surface area contributed by atoms with Crippen molar-refractivity contribution in [2.45, 2.75) is 33.4 Å². The third-order valence-corrected chi connectivity index (χ3v) is 4.55. The Morgan fingerprint density at radius 2 is 1.96 bits per heavy atom. The van der Waals surface area contributed by atoms with Crippen molar-refractivity contribution in [1.29, 1.82) is 0 Å². The average molecular weight is 357 g/mol. The van der Waals surface area contributed by atoms with Gasteiger partial charge in [0.15, 0.2) is 0 Å². The van der Waals surface area contributed by atoms with Crippen LogP contribution in [0.5, 0.6) is 5.88 Å². The summed E-state index contributed by atoms with van der Waals surface area (Å²) < 4.78 is 7.27. The molecule has 2 aromatic rings. The highest BCUT2D eigenvalue weighted by atomic mass is 16.5. The van der Waals surface area contributed by atoms with Crippen molar-refractivity contribution in [2.75, 3.05) is 32.8 Å². The van der Waals surface area contributed by atoms with E-state index in [0.717, 1.165) is 44.7 Å². The number of piperazine rings is 1. The standard InChI is InChI=1S/C19H27N5O2/c1-3-13-26-18-6-5-16(14-20-18)15-22-9-11-23(12-10-22)19(25)17-7-8-21-24(17)4-2/h5-8,14H,3-4,9-13,15H2,1-2H3. The maximum absolute atomic E-state index is 12.7. The lowest BCUT2D eigenvalue weighted by atomic mass is 10.2. The van der Waals surface area contributed by atoms with E-state index in [1.54, 1.807) is 16.9 Å². The van der Waals surface area contributed by atoms with E-state index >= 15 is 0 Å². The van der Waals surface area contributed by atoms with Crippen LogP contribution in [0.15, 0.2) is 30.6 Å². The summed E-state index contributed by atoms with van der Waals surface area (Å²) in [5.41, 5.74) is 1.84. The molecule has 7 nitrogen and oxygen atoms in total. The second-order valence-corrected chi connectivity index (χ2v) is 6.45. The molecule has 3 heterocycles. The number of ether oxygens (including phenoxy) is 1.